The molecule has 0 aromatic heterocycles. The standard InChI is InChI=1S/C30H22ClNO3/c1-20(33)21-14-18-26(19-15-21)32-29(34)27(22-8-4-2-5-9-22)28(23-10-6-3-7-11-23)35-30(32)24-12-16-25(31)17-13-24/h2-19,30H,1H3/t30-/m1/s1. The highest BCUT2D eigenvalue weighted by molar-refractivity contribution is 6.32. The van der Waals surface area contributed by atoms with Gasteiger partial charge in [0.05, 0.1) is 5.57 Å². The molecule has 4 nitrogen and oxygen atoms in total. The van der Waals surface area contributed by atoms with E-state index in [0.717, 1.165) is 16.7 Å². The van der Waals surface area contributed by atoms with Crippen molar-refractivity contribution in [3.8, 4) is 0 Å². The number of amides is 1. The molecule has 1 heterocycles. The van der Waals surface area contributed by atoms with Gasteiger partial charge in [0.15, 0.2) is 5.78 Å². The van der Waals surface area contributed by atoms with Crippen LogP contribution in [0.1, 0.15) is 40.2 Å². The zero-order chi connectivity index (χ0) is 24.4. The van der Waals surface area contributed by atoms with E-state index in [2.05, 4.69) is 0 Å². The van der Waals surface area contributed by atoms with Gasteiger partial charge in [-0.25, -0.2) is 0 Å². The van der Waals surface area contributed by atoms with Crippen LogP contribution in [0.2, 0.25) is 5.02 Å². The van der Waals surface area contributed by atoms with E-state index in [1.165, 1.54) is 6.92 Å². The fraction of sp³-hybridized carbons (Fsp3) is 0.0667. The van der Waals surface area contributed by atoms with E-state index < -0.39 is 6.23 Å². The zero-order valence-electron chi connectivity index (χ0n) is 19.0. The molecule has 1 aliphatic rings. The SMILES string of the molecule is CC(=O)c1ccc(N2C(=O)C(c3ccccc3)=C(c3ccccc3)O[C@@H]2c2ccc(Cl)cc2)cc1. The average molecular weight is 480 g/mol. The average Bonchev–Trinajstić information content (AvgIpc) is 2.89. The summed E-state index contributed by atoms with van der Waals surface area (Å²) in [7, 11) is 0. The first-order valence-electron chi connectivity index (χ1n) is 11.2. The Morgan fingerprint density at radius 1 is 0.771 bits per heavy atom. The summed E-state index contributed by atoms with van der Waals surface area (Å²) in [4.78, 5) is 27.7. The van der Waals surface area contributed by atoms with Crippen LogP contribution in [0.4, 0.5) is 5.69 Å². The summed E-state index contributed by atoms with van der Waals surface area (Å²) >= 11 is 6.14. The Morgan fingerprint density at radius 3 is 1.91 bits per heavy atom. The highest BCUT2D eigenvalue weighted by atomic mass is 35.5. The van der Waals surface area contributed by atoms with Gasteiger partial charge < -0.3 is 4.74 Å². The molecular formula is C30H22ClNO3. The molecule has 1 aliphatic heterocycles. The van der Waals surface area contributed by atoms with E-state index in [-0.39, 0.29) is 11.7 Å². The van der Waals surface area contributed by atoms with E-state index in [4.69, 9.17) is 16.3 Å². The van der Waals surface area contributed by atoms with Crippen LogP contribution in [0.25, 0.3) is 11.3 Å². The van der Waals surface area contributed by atoms with Gasteiger partial charge in [-0.05, 0) is 48.9 Å². The van der Waals surface area contributed by atoms with Gasteiger partial charge in [0.1, 0.15) is 5.76 Å². The lowest BCUT2D eigenvalue weighted by molar-refractivity contribution is -0.116. The van der Waals surface area contributed by atoms with Crippen LogP contribution < -0.4 is 4.90 Å². The highest BCUT2D eigenvalue weighted by Gasteiger charge is 2.39. The molecule has 0 saturated carbocycles. The monoisotopic (exact) mass is 479 g/mol. The van der Waals surface area contributed by atoms with E-state index >= 15 is 0 Å². The van der Waals surface area contributed by atoms with Gasteiger partial charge in [0.2, 0.25) is 6.23 Å². The maximum absolute atomic E-state index is 14.3. The smallest absolute Gasteiger partial charge is 0.265 e. The number of ether oxygens (including phenoxy) is 1. The molecule has 0 N–H and O–H groups in total. The summed E-state index contributed by atoms with van der Waals surface area (Å²) in [6.07, 6.45) is -0.731. The summed E-state index contributed by atoms with van der Waals surface area (Å²) in [5, 5.41) is 0.594. The number of ketones is 1. The molecule has 0 spiro atoms. The lowest BCUT2D eigenvalue weighted by Gasteiger charge is -2.38. The Hall–Kier alpha value is -4.15. The van der Waals surface area contributed by atoms with Crippen LogP contribution in [0.5, 0.6) is 0 Å². The van der Waals surface area contributed by atoms with Gasteiger partial charge in [-0.2, -0.15) is 0 Å². The molecule has 1 amide bonds. The third kappa shape index (κ3) is 4.48. The minimum Gasteiger partial charge on any atom is -0.464 e. The van der Waals surface area contributed by atoms with E-state index in [1.807, 2.05) is 72.8 Å². The molecule has 0 bridgehead atoms. The van der Waals surface area contributed by atoms with Crippen molar-refractivity contribution in [3.63, 3.8) is 0 Å². The first-order valence-corrected chi connectivity index (χ1v) is 11.6. The van der Waals surface area contributed by atoms with Gasteiger partial charge >= 0.3 is 0 Å². The molecule has 0 aliphatic carbocycles. The Morgan fingerprint density at radius 2 is 1.34 bits per heavy atom. The van der Waals surface area contributed by atoms with Crippen molar-refractivity contribution in [2.45, 2.75) is 13.2 Å². The third-order valence-electron chi connectivity index (χ3n) is 5.93. The van der Waals surface area contributed by atoms with Gasteiger partial charge in [0, 0.05) is 27.4 Å². The maximum Gasteiger partial charge on any atom is 0.265 e. The topological polar surface area (TPSA) is 46.6 Å². The second-order valence-electron chi connectivity index (χ2n) is 8.24. The lowest BCUT2D eigenvalue weighted by atomic mass is 9.96. The summed E-state index contributed by atoms with van der Waals surface area (Å²) in [5.74, 6) is 0.276. The van der Waals surface area contributed by atoms with Crippen molar-refractivity contribution in [2.24, 2.45) is 0 Å². The van der Waals surface area contributed by atoms with E-state index in [9.17, 15) is 9.59 Å². The van der Waals surface area contributed by atoms with Crippen LogP contribution >= 0.6 is 11.6 Å². The van der Waals surface area contributed by atoms with Crippen molar-refractivity contribution >= 4 is 40.3 Å². The number of benzene rings is 4. The molecule has 172 valence electrons. The molecule has 5 rings (SSSR count). The predicted molar refractivity (Wildman–Crippen MR) is 139 cm³/mol. The second kappa shape index (κ2) is 9.61. The number of carbonyl (C=O) groups excluding carboxylic acids is 2. The number of carbonyl (C=O) groups is 2. The minimum atomic E-state index is -0.731. The summed E-state index contributed by atoms with van der Waals surface area (Å²) in [6.45, 7) is 1.52. The molecule has 4 aromatic rings. The highest BCUT2D eigenvalue weighted by Crippen LogP contribution is 2.43. The first kappa shape index (κ1) is 22.6. The molecule has 35 heavy (non-hydrogen) atoms. The van der Waals surface area contributed by atoms with Gasteiger partial charge in [-0.3, -0.25) is 14.5 Å². The van der Waals surface area contributed by atoms with Crippen molar-refractivity contribution in [3.05, 3.63) is 136 Å². The quantitative estimate of drug-likeness (QED) is 0.285. The number of anilines is 1. The summed E-state index contributed by atoms with van der Waals surface area (Å²) < 4.78 is 6.66. The fourth-order valence-corrected chi connectivity index (χ4v) is 4.29. The molecular weight excluding hydrogens is 458 g/mol. The lowest BCUT2D eigenvalue weighted by Crippen LogP contribution is -2.40. The normalized spacial score (nSPS) is 15.7. The van der Waals surface area contributed by atoms with Crippen LogP contribution in [-0.4, -0.2) is 11.7 Å². The number of hydrogen-bond donors (Lipinski definition) is 0. The third-order valence-corrected chi connectivity index (χ3v) is 6.18. The Bertz CT molecular complexity index is 1400. The van der Waals surface area contributed by atoms with Crippen LogP contribution in [0, 0.1) is 0 Å². The van der Waals surface area contributed by atoms with Crippen molar-refractivity contribution in [1.29, 1.82) is 0 Å². The molecule has 0 saturated heterocycles. The van der Waals surface area contributed by atoms with Gasteiger partial charge in [-0.1, -0.05) is 84.4 Å². The zero-order valence-corrected chi connectivity index (χ0v) is 19.8. The molecule has 5 heteroatoms. The number of nitrogens with zero attached hydrogens (tertiary/aromatic N) is 1. The fourth-order valence-electron chi connectivity index (χ4n) is 4.16. The summed E-state index contributed by atoms with van der Waals surface area (Å²) in [5.41, 5.74) is 4.02. The molecule has 0 unspecified atom stereocenters. The van der Waals surface area contributed by atoms with Crippen LogP contribution in [0.3, 0.4) is 0 Å². The minimum absolute atomic E-state index is 0.0387. The largest absolute Gasteiger partial charge is 0.464 e. The van der Waals surface area contributed by atoms with Crippen LogP contribution in [-0.2, 0) is 9.53 Å². The maximum atomic E-state index is 14.3. The first-order chi connectivity index (χ1) is 17.0. The van der Waals surface area contributed by atoms with Crippen molar-refractivity contribution < 1.29 is 14.3 Å². The Labute approximate surface area is 209 Å². The molecule has 1 atom stereocenters. The Balaban J connectivity index is 1.72. The van der Waals surface area contributed by atoms with Gasteiger partial charge in [0.25, 0.3) is 5.91 Å². The van der Waals surface area contributed by atoms with E-state index in [1.54, 1.807) is 41.3 Å². The number of hydrogen-bond acceptors (Lipinski definition) is 3. The number of Topliss-reactive ketones (excluding diaryl/α,β-unsaturated/α-hetero) is 1. The van der Waals surface area contributed by atoms with Crippen molar-refractivity contribution in [1.82, 2.24) is 0 Å². The van der Waals surface area contributed by atoms with Crippen LogP contribution in [0.15, 0.2) is 109 Å². The molecule has 0 radical (unpaired) electrons. The number of rotatable bonds is 5. The summed E-state index contributed by atoms with van der Waals surface area (Å²) in [6, 6.07) is 33.4. The predicted octanol–water partition coefficient (Wildman–Crippen LogP) is 7.17. The molecule has 4 aromatic carbocycles. The second-order valence-corrected chi connectivity index (χ2v) is 8.67. The van der Waals surface area contributed by atoms with Gasteiger partial charge in [-0.15, -0.1) is 0 Å². The molecule has 0 fully saturated rings. The Kier molecular flexibility index (Phi) is 6.21. The van der Waals surface area contributed by atoms with Crippen molar-refractivity contribution in [2.75, 3.05) is 4.90 Å². The van der Waals surface area contributed by atoms with E-state index in [0.29, 0.717) is 27.6 Å². The number of halogens is 1.